The molecule has 2 aromatic rings. The lowest BCUT2D eigenvalue weighted by Crippen LogP contribution is -2.50. The molecule has 0 radical (unpaired) electrons. The Kier molecular flexibility index (Phi) is 9.15. The molecule has 0 aliphatic heterocycles. The maximum absolute atomic E-state index is 12.1. The second kappa shape index (κ2) is 12.1. The standard InChI is InChI=1S/C22H28N4O5/c1-4-30-18-9-11-19(12-10-18)31-16(3)21(28)26-25-20(27)14-24-22(29)23-13-17-7-5-15(2)6-8-17/h5-12,16H,4,13-14H2,1-3H3,(H,25,27)(H,26,28)(H2,23,24,29). The fraction of sp³-hybridized carbons (Fsp3) is 0.318. The third kappa shape index (κ3) is 8.65. The number of benzene rings is 2. The Morgan fingerprint density at radius 2 is 1.55 bits per heavy atom. The van der Waals surface area contributed by atoms with Crippen LogP contribution >= 0.6 is 0 Å². The van der Waals surface area contributed by atoms with E-state index in [0.717, 1.165) is 11.1 Å². The van der Waals surface area contributed by atoms with E-state index in [1.54, 1.807) is 31.2 Å². The molecule has 2 aromatic carbocycles. The van der Waals surface area contributed by atoms with E-state index in [9.17, 15) is 14.4 Å². The van der Waals surface area contributed by atoms with Crippen LogP contribution in [0.1, 0.15) is 25.0 Å². The minimum atomic E-state index is -0.844. The fourth-order valence-corrected chi connectivity index (χ4v) is 2.43. The number of hydrogen-bond acceptors (Lipinski definition) is 5. The molecule has 1 atom stereocenters. The van der Waals surface area contributed by atoms with Crippen LogP contribution in [-0.2, 0) is 16.1 Å². The molecule has 0 fully saturated rings. The van der Waals surface area contributed by atoms with Gasteiger partial charge in [-0.05, 0) is 50.6 Å². The number of carbonyl (C=O) groups is 3. The van der Waals surface area contributed by atoms with Gasteiger partial charge in [-0.15, -0.1) is 0 Å². The molecule has 0 heterocycles. The third-order valence-corrected chi connectivity index (χ3v) is 4.13. The summed E-state index contributed by atoms with van der Waals surface area (Å²) in [6.07, 6.45) is -0.844. The highest BCUT2D eigenvalue weighted by Crippen LogP contribution is 2.18. The van der Waals surface area contributed by atoms with Gasteiger partial charge in [0.05, 0.1) is 6.61 Å². The second-order valence-corrected chi connectivity index (χ2v) is 6.72. The molecule has 0 saturated carbocycles. The summed E-state index contributed by atoms with van der Waals surface area (Å²) in [7, 11) is 0. The molecule has 0 saturated heterocycles. The van der Waals surface area contributed by atoms with Crippen LogP contribution in [0.3, 0.4) is 0 Å². The van der Waals surface area contributed by atoms with Gasteiger partial charge in [0.15, 0.2) is 6.10 Å². The fourth-order valence-electron chi connectivity index (χ4n) is 2.43. The van der Waals surface area contributed by atoms with E-state index in [1.807, 2.05) is 38.1 Å². The lowest BCUT2D eigenvalue weighted by molar-refractivity contribution is -0.132. The predicted molar refractivity (Wildman–Crippen MR) is 115 cm³/mol. The Bertz CT molecular complexity index is 868. The molecule has 0 aliphatic rings. The number of nitrogens with one attached hydrogen (secondary N) is 4. The van der Waals surface area contributed by atoms with Gasteiger partial charge in [0.1, 0.15) is 18.0 Å². The summed E-state index contributed by atoms with van der Waals surface area (Å²) in [5, 5.41) is 5.07. The zero-order chi connectivity index (χ0) is 22.6. The Labute approximate surface area is 181 Å². The Hall–Kier alpha value is -3.75. The third-order valence-electron chi connectivity index (χ3n) is 4.13. The largest absolute Gasteiger partial charge is 0.494 e. The summed E-state index contributed by atoms with van der Waals surface area (Å²) >= 11 is 0. The van der Waals surface area contributed by atoms with Crippen LogP contribution < -0.4 is 31.0 Å². The lowest BCUT2D eigenvalue weighted by Gasteiger charge is -2.15. The van der Waals surface area contributed by atoms with E-state index >= 15 is 0 Å². The van der Waals surface area contributed by atoms with Crippen LogP contribution in [0.25, 0.3) is 0 Å². The molecular formula is C22H28N4O5. The van der Waals surface area contributed by atoms with E-state index in [-0.39, 0.29) is 6.54 Å². The van der Waals surface area contributed by atoms with Crippen LogP contribution in [0, 0.1) is 6.92 Å². The van der Waals surface area contributed by atoms with Crippen molar-refractivity contribution in [3.05, 3.63) is 59.7 Å². The first-order chi connectivity index (χ1) is 14.9. The Morgan fingerprint density at radius 1 is 0.903 bits per heavy atom. The highest BCUT2D eigenvalue weighted by Gasteiger charge is 2.15. The smallest absolute Gasteiger partial charge is 0.315 e. The highest BCUT2D eigenvalue weighted by atomic mass is 16.5. The van der Waals surface area contributed by atoms with Crippen molar-refractivity contribution in [2.24, 2.45) is 0 Å². The topological polar surface area (TPSA) is 118 Å². The minimum absolute atomic E-state index is 0.297. The van der Waals surface area contributed by atoms with E-state index in [2.05, 4.69) is 21.5 Å². The number of rotatable bonds is 9. The zero-order valence-electron chi connectivity index (χ0n) is 17.9. The quantitative estimate of drug-likeness (QED) is 0.455. The number of amides is 4. The van der Waals surface area contributed by atoms with Crippen molar-refractivity contribution >= 4 is 17.8 Å². The molecule has 0 bridgehead atoms. The van der Waals surface area contributed by atoms with Gasteiger partial charge in [0, 0.05) is 6.54 Å². The summed E-state index contributed by atoms with van der Waals surface area (Å²) in [5.74, 6) is 0.0807. The monoisotopic (exact) mass is 428 g/mol. The summed E-state index contributed by atoms with van der Waals surface area (Å²) in [5.41, 5.74) is 6.56. The maximum atomic E-state index is 12.1. The highest BCUT2D eigenvalue weighted by molar-refractivity contribution is 5.87. The molecule has 0 aliphatic carbocycles. The second-order valence-electron chi connectivity index (χ2n) is 6.72. The van der Waals surface area contributed by atoms with Gasteiger partial charge >= 0.3 is 6.03 Å². The van der Waals surface area contributed by atoms with Gasteiger partial charge in [0.2, 0.25) is 0 Å². The number of hydrazine groups is 1. The molecule has 2 rings (SSSR count). The van der Waals surface area contributed by atoms with Crippen molar-refractivity contribution in [3.63, 3.8) is 0 Å². The number of carbonyl (C=O) groups excluding carboxylic acids is 3. The van der Waals surface area contributed by atoms with E-state index in [1.165, 1.54) is 0 Å². The van der Waals surface area contributed by atoms with Crippen molar-refractivity contribution < 1.29 is 23.9 Å². The van der Waals surface area contributed by atoms with E-state index in [4.69, 9.17) is 9.47 Å². The molecule has 4 N–H and O–H groups in total. The summed E-state index contributed by atoms with van der Waals surface area (Å²) in [4.78, 5) is 35.7. The van der Waals surface area contributed by atoms with Crippen molar-refractivity contribution in [1.29, 1.82) is 0 Å². The molecule has 1 unspecified atom stereocenters. The first-order valence-electron chi connectivity index (χ1n) is 9.93. The molecule has 0 aromatic heterocycles. The van der Waals surface area contributed by atoms with Crippen LogP contribution in [0.2, 0.25) is 0 Å². The molecule has 9 nitrogen and oxygen atoms in total. The van der Waals surface area contributed by atoms with Crippen molar-refractivity contribution in [3.8, 4) is 11.5 Å². The van der Waals surface area contributed by atoms with E-state index in [0.29, 0.717) is 24.7 Å². The SMILES string of the molecule is CCOc1ccc(OC(C)C(=O)NNC(=O)CNC(=O)NCc2ccc(C)cc2)cc1. The molecule has 0 spiro atoms. The summed E-state index contributed by atoms with van der Waals surface area (Å²) in [6, 6.07) is 14.1. The molecular weight excluding hydrogens is 400 g/mol. The minimum Gasteiger partial charge on any atom is -0.494 e. The van der Waals surface area contributed by atoms with Gasteiger partial charge in [-0.3, -0.25) is 20.4 Å². The lowest BCUT2D eigenvalue weighted by atomic mass is 10.1. The Balaban J connectivity index is 1.64. The Morgan fingerprint density at radius 3 is 2.19 bits per heavy atom. The van der Waals surface area contributed by atoms with Crippen LogP contribution in [0.5, 0.6) is 11.5 Å². The average Bonchev–Trinajstić information content (AvgIpc) is 2.77. The number of hydrogen-bond donors (Lipinski definition) is 4. The number of aryl methyl sites for hydroxylation is 1. The first kappa shape index (κ1) is 23.5. The zero-order valence-corrected chi connectivity index (χ0v) is 17.9. The van der Waals surface area contributed by atoms with Gasteiger partial charge in [-0.1, -0.05) is 29.8 Å². The molecule has 4 amide bonds. The van der Waals surface area contributed by atoms with Crippen LogP contribution in [0.15, 0.2) is 48.5 Å². The predicted octanol–water partition coefficient (Wildman–Crippen LogP) is 1.81. The first-order valence-corrected chi connectivity index (χ1v) is 9.93. The summed E-state index contributed by atoms with van der Waals surface area (Å²) < 4.78 is 10.9. The average molecular weight is 428 g/mol. The van der Waals surface area contributed by atoms with Gasteiger partial charge in [-0.25, -0.2) is 4.79 Å². The van der Waals surface area contributed by atoms with Crippen LogP contribution in [0.4, 0.5) is 4.79 Å². The van der Waals surface area contributed by atoms with Gasteiger partial charge in [0.25, 0.3) is 11.8 Å². The van der Waals surface area contributed by atoms with Crippen molar-refractivity contribution in [2.75, 3.05) is 13.2 Å². The summed E-state index contributed by atoms with van der Waals surface area (Å²) in [6.45, 7) is 6.02. The normalized spacial score (nSPS) is 11.1. The molecule has 9 heteroatoms. The number of urea groups is 1. The van der Waals surface area contributed by atoms with Gasteiger partial charge in [-0.2, -0.15) is 0 Å². The van der Waals surface area contributed by atoms with E-state index < -0.39 is 23.9 Å². The molecule has 31 heavy (non-hydrogen) atoms. The van der Waals surface area contributed by atoms with Crippen molar-refractivity contribution in [1.82, 2.24) is 21.5 Å². The van der Waals surface area contributed by atoms with Crippen LogP contribution in [-0.4, -0.2) is 37.1 Å². The molecule has 166 valence electrons. The maximum Gasteiger partial charge on any atom is 0.315 e. The van der Waals surface area contributed by atoms with Crippen molar-refractivity contribution in [2.45, 2.75) is 33.4 Å². The number of ether oxygens (including phenoxy) is 2. The van der Waals surface area contributed by atoms with Gasteiger partial charge < -0.3 is 20.1 Å².